The van der Waals surface area contributed by atoms with Gasteiger partial charge in [0.2, 0.25) is 5.91 Å². The molecule has 0 spiro atoms. The molecule has 5 heteroatoms. The van der Waals surface area contributed by atoms with Crippen LogP contribution in [0.4, 0.5) is 0 Å². The summed E-state index contributed by atoms with van der Waals surface area (Å²) in [6, 6.07) is 17.4. The Kier molecular flexibility index (Phi) is 5.14. The van der Waals surface area contributed by atoms with Crippen LogP contribution in [0, 0.1) is 0 Å². The largest absolute Gasteiger partial charge is 0.496 e. The number of amides is 1. The Morgan fingerprint density at radius 2 is 1.88 bits per heavy atom. The van der Waals surface area contributed by atoms with E-state index in [-0.39, 0.29) is 18.4 Å². The third-order valence-electron chi connectivity index (χ3n) is 4.00. The zero-order valence-electron chi connectivity index (χ0n) is 14.3. The molecule has 0 aliphatic carbocycles. The van der Waals surface area contributed by atoms with Crippen LogP contribution in [0.25, 0.3) is 5.69 Å². The van der Waals surface area contributed by atoms with E-state index >= 15 is 0 Å². The number of benzene rings is 2. The monoisotopic (exact) mass is 335 g/mol. The highest BCUT2D eigenvalue weighted by Crippen LogP contribution is 2.24. The molecular formula is C20H21N3O2. The first-order chi connectivity index (χ1) is 12.2. The minimum Gasteiger partial charge on any atom is -0.496 e. The Labute approximate surface area is 147 Å². The number of carbonyl (C=O) groups excluding carboxylic acids is 1. The van der Waals surface area contributed by atoms with Crippen LogP contribution in [0.5, 0.6) is 5.75 Å². The summed E-state index contributed by atoms with van der Waals surface area (Å²) >= 11 is 0. The molecule has 0 fully saturated rings. The second-order valence-electron chi connectivity index (χ2n) is 5.84. The molecule has 5 nitrogen and oxygen atoms in total. The molecule has 0 saturated carbocycles. The van der Waals surface area contributed by atoms with E-state index in [9.17, 15) is 4.79 Å². The van der Waals surface area contributed by atoms with Crippen LogP contribution in [0.1, 0.15) is 24.1 Å². The summed E-state index contributed by atoms with van der Waals surface area (Å²) in [5.74, 6) is 0.721. The topological polar surface area (TPSA) is 56.1 Å². The molecule has 1 heterocycles. The number of nitrogens with zero attached hydrogens (tertiary/aromatic N) is 2. The van der Waals surface area contributed by atoms with E-state index in [0.29, 0.717) is 0 Å². The van der Waals surface area contributed by atoms with Gasteiger partial charge in [-0.05, 0) is 30.7 Å². The summed E-state index contributed by atoms with van der Waals surface area (Å²) in [5.41, 5.74) is 2.79. The molecular weight excluding hydrogens is 314 g/mol. The summed E-state index contributed by atoms with van der Waals surface area (Å²) in [7, 11) is 1.63. The predicted molar refractivity (Wildman–Crippen MR) is 96.8 cm³/mol. The molecule has 0 saturated heterocycles. The zero-order valence-corrected chi connectivity index (χ0v) is 14.3. The first-order valence-corrected chi connectivity index (χ1v) is 8.18. The number of nitrogens with one attached hydrogen (secondary N) is 1. The molecule has 3 aromatic rings. The van der Waals surface area contributed by atoms with Crippen LogP contribution in [0.3, 0.4) is 0 Å². The molecule has 0 radical (unpaired) electrons. The van der Waals surface area contributed by atoms with Crippen molar-refractivity contribution in [2.75, 3.05) is 7.11 Å². The van der Waals surface area contributed by atoms with Crippen molar-refractivity contribution >= 4 is 5.91 Å². The van der Waals surface area contributed by atoms with Crippen LogP contribution in [0.2, 0.25) is 0 Å². The van der Waals surface area contributed by atoms with E-state index in [1.165, 1.54) is 0 Å². The minimum atomic E-state index is -0.132. The van der Waals surface area contributed by atoms with Gasteiger partial charge in [0.1, 0.15) is 5.75 Å². The molecule has 1 N–H and O–H groups in total. The number of hydrogen-bond acceptors (Lipinski definition) is 3. The Bertz CT molecular complexity index is 843. The second-order valence-corrected chi connectivity index (χ2v) is 5.84. The van der Waals surface area contributed by atoms with Gasteiger partial charge in [-0.15, -0.1) is 0 Å². The lowest BCUT2D eigenvalue weighted by molar-refractivity contribution is -0.121. The Hall–Kier alpha value is -3.08. The first kappa shape index (κ1) is 16.8. The summed E-state index contributed by atoms with van der Waals surface area (Å²) in [6.45, 7) is 1.95. The normalized spacial score (nSPS) is 11.8. The highest BCUT2D eigenvalue weighted by atomic mass is 16.5. The van der Waals surface area contributed by atoms with Crippen molar-refractivity contribution in [2.24, 2.45) is 0 Å². The smallest absolute Gasteiger partial charge is 0.225 e. The molecule has 128 valence electrons. The van der Waals surface area contributed by atoms with Crippen molar-refractivity contribution in [3.63, 3.8) is 0 Å². The average molecular weight is 335 g/mol. The SMILES string of the molecule is COc1ccccc1[C@H](C)NC(=O)Cc1cnn(-c2ccccc2)c1. The molecule has 1 aromatic heterocycles. The van der Waals surface area contributed by atoms with Gasteiger partial charge in [-0.2, -0.15) is 5.10 Å². The molecule has 2 aromatic carbocycles. The standard InChI is InChI=1S/C20H21N3O2/c1-15(18-10-6-7-11-19(18)25-2)22-20(24)12-16-13-21-23(14-16)17-8-4-3-5-9-17/h3-11,13-15H,12H2,1-2H3,(H,22,24)/t15-/m0/s1. The Morgan fingerprint density at radius 1 is 1.16 bits per heavy atom. The van der Waals surface area contributed by atoms with Crippen molar-refractivity contribution in [3.8, 4) is 11.4 Å². The second kappa shape index (κ2) is 7.66. The fraction of sp³-hybridized carbons (Fsp3) is 0.200. The van der Waals surface area contributed by atoms with E-state index < -0.39 is 0 Å². The first-order valence-electron chi connectivity index (χ1n) is 8.18. The third kappa shape index (κ3) is 4.07. The number of para-hydroxylation sites is 2. The fourth-order valence-electron chi connectivity index (χ4n) is 2.75. The fourth-order valence-corrected chi connectivity index (χ4v) is 2.75. The van der Waals surface area contributed by atoms with Gasteiger partial charge in [0, 0.05) is 11.8 Å². The maximum Gasteiger partial charge on any atom is 0.225 e. The van der Waals surface area contributed by atoms with Crippen molar-refractivity contribution in [2.45, 2.75) is 19.4 Å². The number of methoxy groups -OCH3 is 1. The van der Waals surface area contributed by atoms with E-state index in [2.05, 4.69) is 10.4 Å². The van der Waals surface area contributed by atoms with Crippen molar-refractivity contribution < 1.29 is 9.53 Å². The molecule has 0 aliphatic heterocycles. The van der Waals surface area contributed by atoms with E-state index in [1.807, 2.05) is 67.7 Å². The van der Waals surface area contributed by atoms with Crippen LogP contribution >= 0.6 is 0 Å². The number of hydrogen-bond donors (Lipinski definition) is 1. The lowest BCUT2D eigenvalue weighted by Gasteiger charge is -2.17. The summed E-state index contributed by atoms with van der Waals surface area (Å²) < 4.78 is 7.12. The predicted octanol–water partition coefficient (Wildman–Crippen LogP) is 3.30. The Morgan fingerprint density at radius 3 is 2.64 bits per heavy atom. The molecule has 1 amide bonds. The van der Waals surface area contributed by atoms with Crippen molar-refractivity contribution in [1.82, 2.24) is 15.1 Å². The Balaban J connectivity index is 1.64. The van der Waals surface area contributed by atoms with Crippen molar-refractivity contribution in [1.29, 1.82) is 0 Å². The lowest BCUT2D eigenvalue weighted by atomic mass is 10.1. The molecule has 0 aliphatic rings. The van der Waals surface area contributed by atoms with Crippen LogP contribution in [-0.4, -0.2) is 22.8 Å². The van der Waals surface area contributed by atoms with Gasteiger partial charge in [-0.25, -0.2) is 4.68 Å². The number of ether oxygens (including phenoxy) is 1. The number of rotatable bonds is 6. The van der Waals surface area contributed by atoms with Crippen LogP contribution in [-0.2, 0) is 11.2 Å². The van der Waals surface area contributed by atoms with Gasteiger partial charge in [0.05, 0.1) is 31.5 Å². The summed E-state index contributed by atoms with van der Waals surface area (Å²) in [4.78, 5) is 12.4. The van der Waals surface area contributed by atoms with Gasteiger partial charge in [0.15, 0.2) is 0 Å². The highest BCUT2D eigenvalue weighted by Gasteiger charge is 2.14. The number of carbonyl (C=O) groups is 1. The lowest BCUT2D eigenvalue weighted by Crippen LogP contribution is -2.28. The molecule has 0 unspecified atom stereocenters. The number of aromatic nitrogens is 2. The van der Waals surface area contributed by atoms with Gasteiger partial charge in [-0.1, -0.05) is 36.4 Å². The quantitative estimate of drug-likeness (QED) is 0.752. The third-order valence-corrected chi connectivity index (χ3v) is 4.00. The van der Waals surface area contributed by atoms with E-state index in [0.717, 1.165) is 22.6 Å². The van der Waals surface area contributed by atoms with E-state index in [1.54, 1.807) is 18.0 Å². The summed E-state index contributed by atoms with van der Waals surface area (Å²) in [6.07, 6.45) is 3.88. The molecule has 1 atom stereocenters. The minimum absolute atomic E-state index is 0.0500. The van der Waals surface area contributed by atoms with Crippen molar-refractivity contribution in [3.05, 3.63) is 78.1 Å². The molecule has 25 heavy (non-hydrogen) atoms. The van der Waals surface area contributed by atoms with E-state index in [4.69, 9.17) is 4.74 Å². The maximum atomic E-state index is 12.4. The average Bonchev–Trinajstić information content (AvgIpc) is 3.10. The maximum absolute atomic E-state index is 12.4. The van der Waals surface area contributed by atoms with Gasteiger partial charge in [0.25, 0.3) is 0 Å². The van der Waals surface area contributed by atoms with Gasteiger partial charge >= 0.3 is 0 Å². The van der Waals surface area contributed by atoms with Crippen LogP contribution in [0.15, 0.2) is 67.0 Å². The zero-order chi connectivity index (χ0) is 17.6. The highest BCUT2D eigenvalue weighted by molar-refractivity contribution is 5.79. The summed E-state index contributed by atoms with van der Waals surface area (Å²) in [5, 5.41) is 7.33. The molecule has 3 rings (SSSR count). The van der Waals surface area contributed by atoms with Gasteiger partial charge < -0.3 is 10.1 Å². The molecule has 0 bridgehead atoms. The van der Waals surface area contributed by atoms with Crippen LogP contribution < -0.4 is 10.1 Å². The van der Waals surface area contributed by atoms with Gasteiger partial charge in [-0.3, -0.25) is 4.79 Å².